The Balaban J connectivity index is 1.31. The van der Waals surface area contributed by atoms with Crippen LogP contribution in [0.15, 0.2) is 36.4 Å². The topological polar surface area (TPSA) is 110 Å². The first-order valence-electron chi connectivity index (χ1n) is 9.64. The summed E-state index contributed by atoms with van der Waals surface area (Å²) in [5, 5.41) is 6.32. The van der Waals surface area contributed by atoms with Crippen LogP contribution in [0, 0.1) is 12.8 Å². The third kappa shape index (κ3) is 3.66. The van der Waals surface area contributed by atoms with Gasteiger partial charge < -0.3 is 20.1 Å². The fraction of sp³-hybridized carbons (Fsp3) is 0.238. The van der Waals surface area contributed by atoms with Crippen LogP contribution in [-0.4, -0.2) is 41.1 Å². The van der Waals surface area contributed by atoms with E-state index in [2.05, 4.69) is 15.6 Å². The maximum atomic E-state index is 13.0. The maximum absolute atomic E-state index is 13.0. The van der Waals surface area contributed by atoms with Crippen molar-refractivity contribution in [3.8, 4) is 11.5 Å². The Labute approximate surface area is 181 Å². The molecule has 1 unspecified atom stereocenters. The van der Waals surface area contributed by atoms with Crippen molar-refractivity contribution in [3.05, 3.63) is 47.0 Å². The number of benzene rings is 2. The van der Waals surface area contributed by atoms with Gasteiger partial charge in [-0.25, -0.2) is 9.78 Å². The van der Waals surface area contributed by atoms with Crippen molar-refractivity contribution < 1.29 is 23.9 Å². The molecule has 0 aliphatic carbocycles. The predicted molar refractivity (Wildman–Crippen MR) is 113 cm³/mol. The summed E-state index contributed by atoms with van der Waals surface area (Å²) >= 11 is 1.57. The van der Waals surface area contributed by atoms with E-state index in [-0.39, 0.29) is 19.9 Å². The molecule has 0 spiro atoms. The van der Waals surface area contributed by atoms with E-state index in [1.54, 1.807) is 41.7 Å². The van der Waals surface area contributed by atoms with Crippen molar-refractivity contribution in [3.63, 3.8) is 0 Å². The summed E-state index contributed by atoms with van der Waals surface area (Å²) < 4.78 is 11.6. The molecule has 4 amide bonds. The number of nitrogens with zero attached hydrogens (tertiary/aromatic N) is 2. The van der Waals surface area contributed by atoms with Crippen molar-refractivity contribution >= 4 is 45.1 Å². The van der Waals surface area contributed by atoms with Crippen LogP contribution < -0.4 is 20.1 Å². The zero-order valence-corrected chi connectivity index (χ0v) is 17.3. The Morgan fingerprint density at radius 2 is 2.06 bits per heavy atom. The molecule has 9 nitrogen and oxygen atoms in total. The molecule has 0 radical (unpaired) electrons. The second-order valence-electron chi connectivity index (χ2n) is 7.26. The van der Waals surface area contributed by atoms with Crippen LogP contribution in [0.5, 0.6) is 11.5 Å². The molecule has 3 aromatic rings. The van der Waals surface area contributed by atoms with E-state index in [4.69, 9.17) is 9.47 Å². The van der Waals surface area contributed by atoms with Crippen molar-refractivity contribution in [2.45, 2.75) is 13.5 Å². The smallest absolute Gasteiger partial charge is 0.324 e. The summed E-state index contributed by atoms with van der Waals surface area (Å²) in [6.45, 7) is 2.02. The number of amides is 4. The largest absolute Gasteiger partial charge is 0.454 e. The number of nitrogens with one attached hydrogen (secondary N) is 2. The molecule has 1 atom stereocenters. The Morgan fingerprint density at radius 1 is 1.23 bits per heavy atom. The molecular weight excluding hydrogens is 420 g/mol. The van der Waals surface area contributed by atoms with Crippen LogP contribution >= 0.6 is 11.3 Å². The number of hydrogen-bond donors (Lipinski definition) is 2. The number of carbonyl (C=O) groups is 3. The molecule has 31 heavy (non-hydrogen) atoms. The number of aromatic nitrogens is 1. The van der Waals surface area contributed by atoms with E-state index in [0.717, 1.165) is 20.1 Å². The molecule has 5 rings (SSSR count). The van der Waals surface area contributed by atoms with E-state index in [1.807, 2.05) is 13.0 Å². The molecule has 1 saturated heterocycles. The lowest BCUT2D eigenvalue weighted by molar-refractivity contribution is -0.139. The average Bonchev–Trinajstić information content (AvgIpc) is 3.35. The van der Waals surface area contributed by atoms with Gasteiger partial charge in [-0.05, 0) is 42.8 Å². The highest BCUT2D eigenvalue weighted by Gasteiger charge is 2.38. The molecular formula is C21H18N4O5S. The van der Waals surface area contributed by atoms with E-state index in [1.165, 1.54) is 0 Å². The maximum Gasteiger partial charge on any atom is 0.324 e. The van der Waals surface area contributed by atoms with Crippen LogP contribution in [0.4, 0.5) is 10.5 Å². The monoisotopic (exact) mass is 438 g/mol. The molecule has 0 bridgehead atoms. The number of urea groups is 1. The number of aryl methyl sites for hydroxylation is 1. The van der Waals surface area contributed by atoms with Gasteiger partial charge in [-0.1, -0.05) is 6.07 Å². The molecule has 1 fully saturated rings. The van der Waals surface area contributed by atoms with Gasteiger partial charge in [0.05, 0.1) is 21.8 Å². The number of rotatable bonds is 4. The normalized spacial score (nSPS) is 17.7. The lowest BCUT2D eigenvalue weighted by Crippen LogP contribution is -2.57. The first-order valence-corrected chi connectivity index (χ1v) is 10.5. The van der Waals surface area contributed by atoms with Gasteiger partial charge in [-0.15, -0.1) is 11.3 Å². The van der Waals surface area contributed by atoms with E-state index < -0.39 is 23.8 Å². The van der Waals surface area contributed by atoms with Crippen molar-refractivity contribution in [2.24, 2.45) is 5.92 Å². The molecule has 10 heteroatoms. The minimum absolute atomic E-state index is 0.0230. The third-order valence-corrected chi connectivity index (χ3v) is 6.07. The molecule has 2 N–H and O–H groups in total. The summed E-state index contributed by atoms with van der Waals surface area (Å²) in [5.74, 6) is -0.886. The van der Waals surface area contributed by atoms with Gasteiger partial charge in [-0.3, -0.25) is 14.5 Å². The zero-order chi connectivity index (χ0) is 21.5. The molecule has 1 aromatic heterocycles. The highest BCUT2D eigenvalue weighted by molar-refractivity contribution is 7.18. The van der Waals surface area contributed by atoms with Crippen LogP contribution in [-0.2, 0) is 16.1 Å². The minimum atomic E-state index is -1.03. The van der Waals surface area contributed by atoms with Gasteiger partial charge >= 0.3 is 6.03 Å². The second kappa shape index (κ2) is 7.55. The van der Waals surface area contributed by atoms with Gasteiger partial charge in [0.15, 0.2) is 11.5 Å². The first kappa shape index (κ1) is 19.3. The highest BCUT2D eigenvalue weighted by Crippen LogP contribution is 2.33. The fourth-order valence-electron chi connectivity index (χ4n) is 3.59. The van der Waals surface area contributed by atoms with Gasteiger partial charge in [0.2, 0.25) is 18.6 Å². The number of anilines is 1. The van der Waals surface area contributed by atoms with Gasteiger partial charge in [0.1, 0.15) is 5.92 Å². The lowest BCUT2D eigenvalue weighted by atomic mass is 10.0. The highest BCUT2D eigenvalue weighted by atomic mass is 32.1. The van der Waals surface area contributed by atoms with Gasteiger partial charge in [0.25, 0.3) is 0 Å². The summed E-state index contributed by atoms with van der Waals surface area (Å²) in [4.78, 5) is 43.5. The molecule has 3 heterocycles. The standard InChI is InChI=1S/C21H18N4O5S/c1-11-23-15-7-13(3-5-18(15)31-11)24-19(26)14-8-22-21(28)25(20(14)27)9-12-2-4-16-17(6-12)30-10-29-16/h2-7,14H,8-10H2,1H3,(H,22,28)(H,24,26). The molecule has 2 aliphatic rings. The number of thiazole rings is 1. The van der Waals surface area contributed by atoms with Crippen molar-refractivity contribution in [1.82, 2.24) is 15.2 Å². The average molecular weight is 438 g/mol. The van der Waals surface area contributed by atoms with E-state index >= 15 is 0 Å². The number of fused-ring (bicyclic) bond motifs is 2. The number of imide groups is 1. The van der Waals surface area contributed by atoms with Crippen LogP contribution in [0.2, 0.25) is 0 Å². The quantitative estimate of drug-likeness (QED) is 0.606. The predicted octanol–water partition coefficient (Wildman–Crippen LogP) is 2.64. The molecule has 158 valence electrons. The first-order chi connectivity index (χ1) is 15.0. The summed E-state index contributed by atoms with van der Waals surface area (Å²) in [6.07, 6.45) is 0. The van der Waals surface area contributed by atoms with Crippen LogP contribution in [0.25, 0.3) is 10.2 Å². The Hall–Kier alpha value is -3.66. The van der Waals surface area contributed by atoms with Gasteiger partial charge in [0, 0.05) is 12.2 Å². The number of ether oxygens (including phenoxy) is 2. The molecule has 0 saturated carbocycles. The van der Waals surface area contributed by atoms with Crippen molar-refractivity contribution in [2.75, 3.05) is 18.7 Å². The van der Waals surface area contributed by atoms with E-state index in [9.17, 15) is 14.4 Å². The van der Waals surface area contributed by atoms with Crippen LogP contribution in [0.1, 0.15) is 10.6 Å². The Morgan fingerprint density at radius 3 is 2.94 bits per heavy atom. The molecule has 2 aliphatic heterocycles. The van der Waals surface area contributed by atoms with E-state index in [0.29, 0.717) is 22.7 Å². The fourth-order valence-corrected chi connectivity index (χ4v) is 4.39. The van der Waals surface area contributed by atoms with Gasteiger partial charge in [-0.2, -0.15) is 0 Å². The molecule has 2 aromatic carbocycles. The zero-order valence-electron chi connectivity index (χ0n) is 16.5. The Bertz CT molecular complexity index is 1220. The van der Waals surface area contributed by atoms with Crippen molar-refractivity contribution in [1.29, 1.82) is 0 Å². The lowest BCUT2D eigenvalue weighted by Gasteiger charge is -2.30. The third-order valence-electron chi connectivity index (χ3n) is 5.12. The Kier molecular flexibility index (Phi) is 4.70. The minimum Gasteiger partial charge on any atom is -0.454 e. The summed E-state index contributed by atoms with van der Waals surface area (Å²) in [5.41, 5.74) is 2.03. The summed E-state index contributed by atoms with van der Waals surface area (Å²) in [7, 11) is 0. The number of carbonyl (C=O) groups excluding carboxylic acids is 3. The second-order valence-corrected chi connectivity index (χ2v) is 8.49. The number of hydrogen-bond acceptors (Lipinski definition) is 7. The SMILES string of the molecule is Cc1nc2cc(NC(=O)C3CNC(=O)N(Cc4ccc5c(c4)OCO5)C3=O)ccc2s1. The summed E-state index contributed by atoms with van der Waals surface area (Å²) in [6, 6.07) is 10.1. The van der Waals surface area contributed by atoms with Crippen LogP contribution in [0.3, 0.4) is 0 Å².